The van der Waals surface area contributed by atoms with Gasteiger partial charge in [0.1, 0.15) is 0 Å². The van der Waals surface area contributed by atoms with Crippen LogP contribution in [-0.2, 0) is 0 Å². The third-order valence-corrected chi connectivity index (χ3v) is 4.32. The van der Waals surface area contributed by atoms with Crippen LogP contribution in [0, 0.1) is 11.8 Å². The lowest BCUT2D eigenvalue weighted by atomic mass is 9.85. The van der Waals surface area contributed by atoms with Crippen LogP contribution >= 0.6 is 0 Å². The van der Waals surface area contributed by atoms with Gasteiger partial charge in [-0.2, -0.15) is 0 Å². The standard InChI is InChI=1S/C13H25F2N/c1-10(2)12(5)7-6-8-16(12)9-13(14,15)11(3)4/h10-11H,6-9H2,1-5H3. The Kier molecular flexibility index (Phi) is 3.99. The number of halogens is 2. The van der Waals surface area contributed by atoms with Crippen molar-refractivity contribution in [2.24, 2.45) is 11.8 Å². The van der Waals surface area contributed by atoms with Gasteiger partial charge in [-0.1, -0.05) is 27.7 Å². The third kappa shape index (κ3) is 2.55. The molecular weight excluding hydrogens is 208 g/mol. The molecular formula is C13H25F2N. The molecule has 1 rings (SSSR count). The molecule has 3 heteroatoms. The zero-order valence-electron chi connectivity index (χ0n) is 11.2. The first-order valence-electron chi connectivity index (χ1n) is 6.33. The predicted molar refractivity (Wildman–Crippen MR) is 63.8 cm³/mol. The van der Waals surface area contributed by atoms with Gasteiger partial charge in [-0.05, 0) is 32.2 Å². The molecule has 1 heterocycles. The van der Waals surface area contributed by atoms with Crippen LogP contribution in [0.4, 0.5) is 8.78 Å². The Bertz CT molecular complexity index is 238. The van der Waals surface area contributed by atoms with Crippen LogP contribution in [-0.4, -0.2) is 29.5 Å². The van der Waals surface area contributed by atoms with Crippen LogP contribution in [0.25, 0.3) is 0 Å². The van der Waals surface area contributed by atoms with Gasteiger partial charge in [-0.15, -0.1) is 0 Å². The zero-order chi connectivity index (χ0) is 12.6. The fourth-order valence-electron chi connectivity index (χ4n) is 2.39. The number of likely N-dealkylation sites (tertiary alicyclic amines) is 1. The van der Waals surface area contributed by atoms with Gasteiger partial charge in [-0.3, -0.25) is 4.90 Å². The van der Waals surface area contributed by atoms with Crippen molar-refractivity contribution in [2.45, 2.75) is 58.9 Å². The SMILES string of the molecule is CC(C)C(F)(F)CN1CCCC1(C)C(C)C. The summed E-state index contributed by atoms with van der Waals surface area (Å²) in [5, 5.41) is 0. The highest BCUT2D eigenvalue weighted by Crippen LogP contribution is 2.38. The van der Waals surface area contributed by atoms with E-state index in [9.17, 15) is 8.78 Å². The molecule has 1 atom stereocenters. The topological polar surface area (TPSA) is 3.24 Å². The van der Waals surface area contributed by atoms with Gasteiger partial charge in [0.15, 0.2) is 0 Å². The summed E-state index contributed by atoms with van der Waals surface area (Å²) in [5.41, 5.74) is -0.0433. The molecule has 0 aromatic heterocycles. The molecule has 0 spiro atoms. The first-order valence-corrected chi connectivity index (χ1v) is 6.33. The smallest absolute Gasteiger partial charge is 0.262 e. The molecule has 0 N–H and O–H groups in total. The first-order chi connectivity index (χ1) is 7.20. The van der Waals surface area contributed by atoms with E-state index >= 15 is 0 Å². The van der Waals surface area contributed by atoms with E-state index in [4.69, 9.17) is 0 Å². The summed E-state index contributed by atoms with van der Waals surface area (Å²) in [6, 6.07) is 0. The molecule has 0 radical (unpaired) electrons. The summed E-state index contributed by atoms with van der Waals surface area (Å²) in [6.07, 6.45) is 2.09. The lowest BCUT2D eigenvalue weighted by Gasteiger charge is -2.41. The Balaban J connectivity index is 2.74. The molecule has 0 aromatic carbocycles. The van der Waals surface area contributed by atoms with Crippen LogP contribution < -0.4 is 0 Å². The second kappa shape index (κ2) is 4.59. The predicted octanol–water partition coefficient (Wildman–Crippen LogP) is 3.79. The average Bonchev–Trinajstić information content (AvgIpc) is 2.48. The van der Waals surface area contributed by atoms with Crippen molar-refractivity contribution >= 4 is 0 Å². The summed E-state index contributed by atoms with van der Waals surface area (Å²) in [6.45, 7) is 10.3. The van der Waals surface area contributed by atoms with Crippen molar-refractivity contribution in [1.82, 2.24) is 4.90 Å². The van der Waals surface area contributed by atoms with E-state index in [0.29, 0.717) is 5.92 Å². The fourth-order valence-corrected chi connectivity index (χ4v) is 2.39. The van der Waals surface area contributed by atoms with Crippen LogP contribution in [0.15, 0.2) is 0 Å². The van der Waals surface area contributed by atoms with Crippen molar-refractivity contribution in [2.75, 3.05) is 13.1 Å². The van der Waals surface area contributed by atoms with Crippen LogP contribution in [0.5, 0.6) is 0 Å². The molecule has 16 heavy (non-hydrogen) atoms. The molecule has 1 aliphatic rings. The molecule has 0 saturated carbocycles. The number of hydrogen-bond donors (Lipinski definition) is 0. The van der Waals surface area contributed by atoms with Gasteiger partial charge in [0.05, 0.1) is 6.54 Å². The minimum Gasteiger partial charge on any atom is -0.292 e. The number of nitrogens with zero attached hydrogens (tertiary/aromatic N) is 1. The Morgan fingerprint density at radius 1 is 1.25 bits per heavy atom. The second-order valence-electron chi connectivity index (χ2n) is 5.95. The van der Waals surface area contributed by atoms with Crippen molar-refractivity contribution in [1.29, 1.82) is 0 Å². The number of alkyl halides is 2. The Labute approximate surface area is 98.2 Å². The molecule has 0 aromatic rings. The molecule has 1 fully saturated rings. The molecule has 96 valence electrons. The van der Waals surface area contributed by atoms with E-state index in [1.165, 1.54) is 0 Å². The monoisotopic (exact) mass is 233 g/mol. The van der Waals surface area contributed by atoms with Gasteiger partial charge in [0.25, 0.3) is 5.92 Å². The first kappa shape index (κ1) is 13.9. The Morgan fingerprint density at radius 2 is 1.81 bits per heavy atom. The highest BCUT2D eigenvalue weighted by atomic mass is 19.3. The summed E-state index contributed by atoms with van der Waals surface area (Å²) < 4.78 is 27.5. The van der Waals surface area contributed by atoms with Crippen LogP contribution in [0.2, 0.25) is 0 Å². The lowest BCUT2D eigenvalue weighted by Crippen LogP contribution is -2.51. The maximum absolute atomic E-state index is 13.8. The zero-order valence-corrected chi connectivity index (χ0v) is 11.2. The van der Waals surface area contributed by atoms with Gasteiger partial charge in [0, 0.05) is 11.5 Å². The van der Waals surface area contributed by atoms with Gasteiger partial charge < -0.3 is 0 Å². The van der Waals surface area contributed by atoms with Crippen molar-refractivity contribution < 1.29 is 8.78 Å². The minimum atomic E-state index is -2.57. The normalized spacial score (nSPS) is 28.3. The maximum atomic E-state index is 13.8. The minimum absolute atomic E-state index is 0.0433. The highest BCUT2D eigenvalue weighted by molar-refractivity contribution is 4.96. The van der Waals surface area contributed by atoms with Crippen LogP contribution in [0.1, 0.15) is 47.5 Å². The molecule has 1 aliphatic heterocycles. The molecule has 1 nitrogen and oxygen atoms in total. The van der Waals surface area contributed by atoms with Gasteiger partial charge in [-0.25, -0.2) is 8.78 Å². The van der Waals surface area contributed by atoms with Crippen LogP contribution in [0.3, 0.4) is 0 Å². The maximum Gasteiger partial charge on any atom is 0.262 e. The van der Waals surface area contributed by atoms with E-state index in [2.05, 4.69) is 20.8 Å². The highest BCUT2D eigenvalue weighted by Gasteiger charge is 2.45. The quantitative estimate of drug-likeness (QED) is 0.714. The van der Waals surface area contributed by atoms with E-state index in [1.54, 1.807) is 13.8 Å². The van der Waals surface area contributed by atoms with Crippen molar-refractivity contribution in [3.8, 4) is 0 Å². The number of rotatable bonds is 4. The summed E-state index contributed by atoms with van der Waals surface area (Å²) in [5.74, 6) is -2.72. The Hall–Kier alpha value is -0.180. The summed E-state index contributed by atoms with van der Waals surface area (Å²) in [4.78, 5) is 2.00. The third-order valence-electron chi connectivity index (χ3n) is 4.32. The van der Waals surface area contributed by atoms with E-state index < -0.39 is 11.8 Å². The van der Waals surface area contributed by atoms with Gasteiger partial charge in [0.2, 0.25) is 0 Å². The lowest BCUT2D eigenvalue weighted by molar-refractivity contribution is -0.0882. The van der Waals surface area contributed by atoms with Crippen molar-refractivity contribution in [3.05, 3.63) is 0 Å². The number of hydrogen-bond acceptors (Lipinski definition) is 1. The molecule has 0 aliphatic carbocycles. The molecule has 0 bridgehead atoms. The van der Waals surface area contributed by atoms with E-state index in [-0.39, 0.29) is 12.1 Å². The average molecular weight is 233 g/mol. The summed E-state index contributed by atoms with van der Waals surface area (Å²) >= 11 is 0. The largest absolute Gasteiger partial charge is 0.292 e. The molecule has 1 unspecified atom stereocenters. The molecule has 0 amide bonds. The van der Waals surface area contributed by atoms with E-state index in [0.717, 1.165) is 19.4 Å². The fraction of sp³-hybridized carbons (Fsp3) is 1.00. The Morgan fingerprint density at radius 3 is 2.25 bits per heavy atom. The van der Waals surface area contributed by atoms with Gasteiger partial charge >= 0.3 is 0 Å². The summed E-state index contributed by atoms with van der Waals surface area (Å²) in [7, 11) is 0. The molecule has 1 saturated heterocycles. The van der Waals surface area contributed by atoms with Crippen molar-refractivity contribution in [3.63, 3.8) is 0 Å². The second-order valence-corrected chi connectivity index (χ2v) is 5.95. The van der Waals surface area contributed by atoms with E-state index in [1.807, 2.05) is 4.90 Å².